The van der Waals surface area contributed by atoms with E-state index in [0.717, 1.165) is 10.4 Å². The van der Waals surface area contributed by atoms with Gasteiger partial charge in [-0.2, -0.15) is 0 Å². The Morgan fingerprint density at radius 2 is 2.05 bits per heavy atom. The number of carboxylic acid groups (broad SMARTS) is 1. The molecule has 1 amide bonds. The van der Waals surface area contributed by atoms with Gasteiger partial charge in [-0.05, 0) is 36.6 Å². The van der Waals surface area contributed by atoms with E-state index in [9.17, 15) is 9.59 Å². The summed E-state index contributed by atoms with van der Waals surface area (Å²) in [6.07, 6.45) is 1.71. The minimum absolute atomic E-state index is 0.0149. The van der Waals surface area contributed by atoms with Gasteiger partial charge in [0.15, 0.2) is 0 Å². The number of rotatable bonds is 7. The highest BCUT2D eigenvalue weighted by Crippen LogP contribution is 2.20. The molecule has 0 radical (unpaired) electrons. The Morgan fingerprint density at radius 3 is 2.73 bits per heavy atom. The molecule has 0 fully saturated rings. The third-order valence-corrected chi connectivity index (χ3v) is 4.47. The molecule has 0 aliphatic rings. The summed E-state index contributed by atoms with van der Waals surface area (Å²) in [5, 5.41) is 14.3. The fraction of sp³-hybridized carbons (Fsp3) is 0.250. The minimum Gasteiger partial charge on any atom is -0.478 e. The Hall–Kier alpha value is -1.85. The van der Waals surface area contributed by atoms with Crippen LogP contribution >= 0.6 is 22.9 Å². The van der Waals surface area contributed by atoms with Crippen LogP contribution in [0.15, 0.2) is 35.7 Å². The summed E-state index contributed by atoms with van der Waals surface area (Å²) in [4.78, 5) is 23.7. The van der Waals surface area contributed by atoms with Crippen molar-refractivity contribution in [3.8, 4) is 0 Å². The van der Waals surface area contributed by atoms with Crippen molar-refractivity contribution in [2.75, 3.05) is 6.54 Å². The fourth-order valence-corrected chi connectivity index (χ4v) is 3.09. The number of nitrogens with one attached hydrogen (secondary N) is 1. The molecule has 0 spiro atoms. The molecule has 0 bridgehead atoms. The predicted octanol–water partition coefficient (Wildman–Crippen LogP) is 3.39. The van der Waals surface area contributed by atoms with Gasteiger partial charge >= 0.3 is 5.97 Å². The molecule has 0 aliphatic carbocycles. The van der Waals surface area contributed by atoms with Crippen LogP contribution in [-0.2, 0) is 17.6 Å². The van der Waals surface area contributed by atoms with Gasteiger partial charge in [0.05, 0.1) is 10.6 Å². The second kappa shape index (κ2) is 7.96. The number of halogens is 1. The number of carbonyl (C=O) groups is 2. The Balaban J connectivity index is 1.72. The minimum atomic E-state index is -0.944. The van der Waals surface area contributed by atoms with E-state index in [2.05, 4.69) is 5.32 Å². The maximum Gasteiger partial charge on any atom is 0.335 e. The summed E-state index contributed by atoms with van der Waals surface area (Å²) in [5.74, 6) is -0.959. The molecule has 0 atom stereocenters. The Morgan fingerprint density at radius 1 is 1.23 bits per heavy atom. The summed E-state index contributed by atoms with van der Waals surface area (Å²) in [6.45, 7) is 0.493. The van der Waals surface area contributed by atoms with Gasteiger partial charge in [-0.15, -0.1) is 11.3 Å². The van der Waals surface area contributed by atoms with Crippen LogP contribution < -0.4 is 5.32 Å². The molecule has 1 aromatic heterocycles. The summed E-state index contributed by atoms with van der Waals surface area (Å²) in [6, 6.07) is 8.61. The highest BCUT2D eigenvalue weighted by atomic mass is 35.5. The van der Waals surface area contributed by atoms with Crippen molar-refractivity contribution in [3.63, 3.8) is 0 Å². The lowest BCUT2D eigenvalue weighted by Crippen LogP contribution is -2.25. The van der Waals surface area contributed by atoms with Crippen molar-refractivity contribution >= 4 is 34.8 Å². The number of carboxylic acids is 1. The van der Waals surface area contributed by atoms with Crippen LogP contribution in [0.1, 0.15) is 27.2 Å². The Kier molecular flexibility index (Phi) is 5.98. The monoisotopic (exact) mass is 337 g/mol. The first-order chi connectivity index (χ1) is 10.5. The smallest absolute Gasteiger partial charge is 0.335 e. The number of thiophene rings is 1. The zero-order chi connectivity index (χ0) is 15.9. The average molecular weight is 338 g/mol. The third kappa shape index (κ3) is 5.16. The second-order valence-electron chi connectivity index (χ2n) is 4.84. The summed E-state index contributed by atoms with van der Waals surface area (Å²) < 4.78 is 0. The molecule has 116 valence electrons. The largest absolute Gasteiger partial charge is 0.478 e. The van der Waals surface area contributed by atoms with Crippen molar-refractivity contribution in [3.05, 3.63) is 56.7 Å². The lowest BCUT2D eigenvalue weighted by molar-refractivity contribution is -0.121. The first-order valence-electron chi connectivity index (χ1n) is 6.86. The topological polar surface area (TPSA) is 66.4 Å². The number of aryl methyl sites for hydroxylation is 1. The van der Waals surface area contributed by atoms with E-state index in [-0.39, 0.29) is 11.5 Å². The Labute approximate surface area is 137 Å². The number of benzene rings is 1. The van der Waals surface area contributed by atoms with Gasteiger partial charge in [-0.3, -0.25) is 4.79 Å². The van der Waals surface area contributed by atoms with Gasteiger partial charge < -0.3 is 10.4 Å². The quantitative estimate of drug-likeness (QED) is 0.813. The summed E-state index contributed by atoms with van der Waals surface area (Å²) in [7, 11) is 0. The molecule has 2 N–H and O–H groups in total. The normalized spacial score (nSPS) is 10.4. The van der Waals surface area contributed by atoms with Crippen LogP contribution in [0.4, 0.5) is 0 Å². The van der Waals surface area contributed by atoms with Crippen LogP contribution in [0.25, 0.3) is 0 Å². The number of amides is 1. The molecule has 0 aliphatic heterocycles. The molecule has 1 heterocycles. The van der Waals surface area contributed by atoms with Crippen molar-refractivity contribution in [1.82, 2.24) is 5.32 Å². The second-order valence-corrected chi connectivity index (χ2v) is 6.27. The third-order valence-electron chi connectivity index (χ3n) is 3.13. The van der Waals surface area contributed by atoms with Crippen LogP contribution in [0, 0.1) is 0 Å². The first kappa shape index (κ1) is 16.5. The highest BCUT2D eigenvalue weighted by Gasteiger charge is 2.06. The molecule has 0 saturated heterocycles. The van der Waals surface area contributed by atoms with E-state index in [1.165, 1.54) is 0 Å². The molecule has 2 rings (SSSR count). The maximum atomic E-state index is 11.8. The zero-order valence-corrected chi connectivity index (χ0v) is 13.4. The van der Waals surface area contributed by atoms with E-state index in [0.29, 0.717) is 30.8 Å². The van der Waals surface area contributed by atoms with Gasteiger partial charge in [-0.25, -0.2) is 4.79 Å². The van der Waals surface area contributed by atoms with Crippen LogP contribution in [0.3, 0.4) is 0 Å². The van der Waals surface area contributed by atoms with Gasteiger partial charge in [0.2, 0.25) is 5.91 Å². The van der Waals surface area contributed by atoms with E-state index < -0.39 is 5.97 Å². The molecular weight excluding hydrogens is 322 g/mol. The highest BCUT2D eigenvalue weighted by molar-refractivity contribution is 7.10. The standard InChI is InChI=1S/C16H16ClNO3S/c17-13-9-14(22-10-13)4-5-15(19)18-7-6-11-2-1-3-12(8-11)16(20)21/h1-3,8-10H,4-7H2,(H,18,19)(H,20,21). The average Bonchev–Trinajstić information content (AvgIpc) is 2.91. The molecular formula is C16H16ClNO3S. The van der Waals surface area contributed by atoms with E-state index in [1.54, 1.807) is 29.5 Å². The molecule has 22 heavy (non-hydrogen) atoms. The molecule has 6 heteroatoms. The van der Waals surface area contributed by atoms with Crippen LogP contribution in [0.2, 0.25) is 5.02 Å². The molecule has 2 aromatic rings. The van der Waals surface area contributed by atoms with Crippen molar-refractivity contribution < 1.29 is 14.7 Å². The van der Waals surface area contributed by atoms with E-state index in [4.69, 9.17) is 16.7 Å². The maximum absolute atomic E-state index is 11.8. The van der Waals surface area contributed by atoms with Gasteiger partial charge in [0, 0.05) is 23.2 Å². The van der Waals surface area contributed by atoms with Gasteiger partial charge in [0.25, 0.3) is 0 Å². The van der Waals surface area contributed by atoms with Crippen LogP contribution in [-0.4, -0.2) is 23.5 Å². The summed E-state index contributed by atoms with van der Waals surface area (Å²) >= 11 is 7.38. The van der Waals surface area contributed by atoms with E-state index >= 15 is 0 Å². The molecule has 0 unspecified atom stereocenters. The number of aromatic carboxylic acids is 1. The SMILES string of the molecule is O=C(CCc1cc(Cl)cs1)NCCc1cccc(C(=O)O)c1. The Bertz CT molecular complexity index is 669. The lowest BCUT2D eigenvalue weighted by Gasteiger charge is -2.05. The van der Waals surface area contributed by atoms with Crippen LogP contribution in [0.5, 0.6) is 0 Å². The molecule has 1 aromatic carbocycles. The molecule has 0 saturated carbocycles. The first-order valence-corrected chi connectivity index (χ1v) is 8.12. The summed E-state index contributed by atoms with van der Waals surface area (Å²) in [5.41, 5.74) is 1.16. The van der Waals surface area contributed by atoms with Gasteiger partial charge in [-0.1, -0.05) is 23.7 Å². The lowest BCUT2D eigenvalue weighted by atomic mass is 10.1. The number of carbonyl (C=O) groups excluding carboxylic acids is 1. The predicted molar refractivity (Wildman–Crippen MR) is 87.8 cm³/mol. The molecule has 4 nitrogen and oxygen atoms in total. The zero-order valence-electron chi connectivity index (χ0n) is 11.8. The number of hydrogen-bond acceptors (Lipinski definition) is 3. The van der Waals surface area contributed by atoms with Crippen molar-refractivity contribution in [2.45, 2.75) is 19.3 Å². The van der Waals surface area contributed by atoms with E-state index in [1.807, 2.05) is 17.5 Å². The number of hydrogen-bond donors (Lipinski definition) is 2. The van der Waals surface area contributed by atoms with Gasteiger partial charge in [0.1, 0.15) is 0 Å². The van der Waals surface area contributed by atoms with Crippen molar-refractivity contribution in [1.29, 1.82) is 0 Å². The van der Waals surface area contributed by atoms with Crippen molar-refractivity contribution in [2.24, 2.45) is 0 Å². The fourth-order valence-electron chi connectivity index (χ4n) is 2.02.